The number of aromatic nitrogens is 3. The molecule has 0 saturated heterocycles. The third kappa shape index (κ3) is 3.01. The number of aromatic carboxylic acids is 1. The number of nitrogens with zero attached hydrogens (tertiary/aromatic N) is 3. The standard InChI is InChI=1S/C16H10N4O3/c17-9-10-2-1-3-12(8-10)11-4-6-13(7-5-11)23-15-14(16(21)22)18-20-19-15/h1-8H,(H,21,22)(H,18,19,20). The molecule has 0 aliphatic rings. The minimum atomic E-state index is -1.20. The van der Waals surface area contributed by atoms with Gasteiger partial charge in [-0.1, -0.05) is 34.6 Å². The number of carboxylic acids is 1. The predicted molar refractivity (Wildman–Crippen MR) is 80.0 cm³/mol. The van der Waals surface area contributed by atoms with E-state index in [0.29, 0.717) is 11.3 Å². The van der Waals surface area contributed by atoms with Crippen molar-refractivity contribution >= 4 is 5.97 Å². The second-order valence-corrected chi connectivity index (χ2v) is 4.62. The molecule has 0 spiro atoms. The molecule has 0 bridgehead atoms. The number of H-pyrrole nitrogens is 1. The fraction of sp³-hybridized carbons (Fsp3) is 0. The van der Waals surface area contributed by atoms with Gasteiger partial charge in [0.1, 0.15) is 5.75 Å². The summed E-state index contributed by atoms with van der Waals surface area (Å²) in [5.74, 6) is -0.867. The fourth-order valence-corrected chi connectivity index (χ4v) is 2.02. The minimum absolute atomic E-state index is 0.100. The zero-order chi connectivity index (χ0) is 16.2. The van der Waals surface area contributed by atoms with Crippen LogP contribution in [0.15, 0.2) is 48.5 Å². The summed E-state index contributed by atoms with van der Waals surface area (Å²) in [6, 6.07) is 16.3. The molecule has 2 aromatic carbocycles. The molecular formula is C16H10N4O3. The Morgan fingerprint density at radius 2 is 1.96 bits per heavy atom. The van der Waals surface area contributed by atoms with Gasteiger partial charge < -0.3 is 9.84 Å². The lowest BCUT2D eigenvalue weighted by Crippen LogP contribution is -1.99. The molecule has 0 radical (unpaired) electrons. The van der Waals surface area contributed by atoms with Gasteiger partial charge in [-0.3, -0.25) is 0 Å². The van der Waals surface area contributed by atoms with Crippen LogP contribution in [-0.2, 0) is 0 Å². The van der Waals surface area contributed by atoms with E-state index < -0.39 is 5.97 Å². The third-order valence-electron chi connectivity index (χ3n) is 3.12. The van der Waals surface area contributed by atoms with Gasteiger partial charge in [0, 0.05) is 0 Å². The first-order valence-electron chi connectivity index (χ1n) is 6.60. The normalized spacial score (nSPS) is 10.0. The Balaban J connectivity index is 1.83. The Kier molecular flexibility index (Phi) is 3.72. The van der Waals surface area contributed by atoms with Gasteiger partial charge in [-0.2, -0.15) is 5.26 Å². The third-order valence-corrected chi connectivity index (χ3v) is 3.12. The highest BCUT2D eigenvalue weighted by atomic mass is 16.5. The summed E-state index contributed by atoms with van der Waals surface area (Å²) in [6.07, 6.45) is 0. The molecule has 7 nitrogen and oxygen atoms in total. The maximum atomic E-state index is 11.0. The van der Waals surface area contributed by atoms with Crippen LogP contribution in [0.1, 0.15) is 16.1 Å². The number of rotatable bonds is 4. The van der Waals surface area contributed by atoms with Gasteiger partial charge in [0.05, 0.1) is 11.6 Å². The molecule has 23 heavy (non-hydrogen) atoms. The molecule has 2 N–H and O–H groups in total. The fourth-order valence-electron chi connectivity index (χ4n) is 2.02. The number of nitrogens with one attached hydrogen (secondary N) is 1. The molecule has 3 rings (SSSR count). The molecule has 1 aromatic heterocycles. The van der Waals surface area contributed by atoms with Crippen molar-refractivity contribution in [2.24, 2.45) is 0 Å². The first-order chi connectivity index (χ1) is 11.2. The first-order valence-corrected chi connectivity index (χ1v) is 6.60. The predicted octanol–water partition coefficient (Wildman–Crippen LogP) is 2.83. The van der Waals surface area contributed by atoms with Gasteiger partial charge in [0.2, 0.25) is 5.69 Å². The van der Waals surface area contributed by atoms with Crippen molar-refractivity contribution in [1.82, 2.24) is 15.4 Å². The van der Waals surface area contributed by atoms with Crippen LogP contribution in [0.3, 0.4) is 0 Å². The number of nitriles is 1. The van der Waals surface area contributed by atoms with E-state index in [1.165, 1.54) is 0 Å². The molecule has 0 saturated carbocycles. The Hall–Kier alpha value is -3.66. The number of ether oxygens (including phenoxy) is 1. The number of aromatic amines is 1. The van der Waals surface area contributed by atoms with Crippen molar-refractivity contribution in [2.75, 3.05) is 0 Å². The van der Waals surface area contributed by atoms with Crippen LogP contribution in [0.2, 0.25) is 0 Å². The van der Waals surface area contributed by atoms with Crippen LogP contribution in [0, 0.1) is 11.3 Å². The molecule has 1 heterocycles. The van der Waals surface area contributed by atoms with Crippen LogP contribution >= 0.6 is 0 Å². The summed E-state index contributed by atoms with van der Waals surface area (Å²) < 4.78 is 5.41. The zero-order valence-electron chi connectivity index (χ0n) is 11.7. The highest BCUT2D eigenvalue weighted by Crippen LogP contribution is 2.26. The van der Waals surface area contributed by atoms with Crippen molar-refractivity contribution in [3.8, 4) is 28.8 Å². The number of carbonyl (C=O) groups is 1. The van der Waals surface area contributed by atoms with Crippen molar-refractivity contribution in [3.63, 3.8) is 0 Å². The molecule has 7 heteroatoms. The van der Waals surface area contributed by atoms with E-state index in [2.05, 4.69) is 21.5 Å². The summed E-state index contributed by atoms with van der Waals surface area (Å²) in [4.78, 5) is 11.0. The second-order valence-electron chi connectivity index (χ2n) is 4.62. The monoisotopic (exact) mass is 306 g/mol. The number of carboxylic acid groups (broad SMARTS) is 1. The Labute approximate surface area is 130 Å². The summed E-state index contributed by atoms with van der Waals surface area (Å²) >= 11 is 0. The Bertz CT molecular complexity index is 894. The molecule has 112 valence electrons. The SMILES string of the molecule is N#Cc1cccc(-c2ccc(Oc3nn[nH]c3C(=O)O)cc2)c1. The van der Waals surface area contributed by atoms with E-state index in [1.807, 2.05) is 24.3 Å². The lowest BCUT2D eigenvalue weighted by molar-refractivity contribution is 0.0687. The largest absolute Gasteiger partial charge is 0.476 e. The van der Waals surface area contributed by atoms with Gasteiger partial charge >= 0.3 is 5.97 Å². The van der Waals surface area contributed by atoms with Crippen molar-refractivity contribution in [1.29, 1.82) is 5.26 Å². The van der Waals surface area contributed by atoms with Gasteiger partial charge in [0.15, 0.2) is 0 Å². The highest BCUT2D eigenvalue weighted by Gasteiger charge is 2.16. The summed E-state index contributed by atoms with van der Waals surface area (Å²) in [5.41, 5.74) is 2.18. The molecule has 0 atom stereocenters. The maximum absolute atomic E-state index is 11.0. The Morgan fingerprint density at radius 1 is 1.17 bits per heavy atom. The maximum Gasteiger partial charge on any atom is 0.359 e. The quantitative estimate of drug-likeness (QED) is 0.766. The van der Waals surface area contributed by atoms with Gasteiger partial charge in [-0.05, 0) is 35.4 Å². The van der Waals surface area contributed by atoms with Crippen molar-refractivity contribution < 1.29 is 14.6 Å². The Morgan fingerprint density at radius 3 is 2.65 bits per heavy atom. The highest BCUT2D eigenvalue weighted by molar-refractivity contribution is 5.87. The van der Waals surface area contributed by atoms with E-state index in [1.54, 1.807) is 24.3 Å². The second kappa shape index (κ2) is 5.99. The molecule has 0 aliphatic heterocycles. The smallest absolute Gasteiger partial charge is 0.359 e. The zero-order valence-corrected chi connectivity index (χ0v) is 11.7. The molecule has 0 amide bonds. The lowest BCUT2D eigenvalue weighted by atomic mass is 10.0. The van der Waals surface area contributed by atoms with Crippen LogP contribution < -0.4 is 4.74 Å². The van der Waals surface area contributed by atoms with E-state index in [-0.39, 0.29) is 11.6 Å². The first kappa shape index (κ1) is 14.3. The van der Waals surface area contributed by atoms with Gasteiger partial charge in [0.25, 0.3) is 5.88 Å². The van der Waals surface area contributed by atoms with E-state index >= 15 is 0 Å². The molecular weight excluding hydrogens is 296 g/mol. The molecule has 3 aromatic rings. The molecule has 0 fully saturated rings. The van der Waals surface area contributed by atoms with E-state index in [0.717, 1.165) is 11.1 Å². The minimum Gasteiger partial charge on any atom is -0.476 e. The van der Waals surface area contributed by atoms with Crippen molar-refractivity contribution in [3.05, 3.63) is 59.8 Å². The van der Waals surface area contributed by atoms with Crippen LogP contribution in [0.25, 0.3) is 11.1 Å². The van der Waals surface area contributed by atoms with Crippen LogP contribution in [0.5, 0.6) is 11.6 Å². The van der Waals surface area contributed by atoms with Crippen LogP contribution in [-0.4, -0.2) is 26.5 Å². The average molecular weight is 306 g/mol. The number of hydrogen-bond donors (Lipinski definition) is 2. The molecule has 0 unspecified atom stereocenters. The van der Waals surface area contributed by atoms with Crippen LogP contribution in [0.4, 0.5) is 0 Å². The summed E-state index contributed by atoms with van der Waals surface area (Å²) in [7, 11) is 0. The molecule has 0 aliphatic carbocycles. The van der Waals surface area contributed by atoms with Gasteiger partial charge in [-0.25, -0.2) is 9.89 Å². The summed E-state index contributed by atoms with van der Waals surface area (Å²) in [5, 5.41) is 27.2. The lowest BCUT2D eigenvalue weighted by Gasteiger charge is -2.05. The number of benzene rings is 2. The van der Waals surface area contributed by atoms with Gasteiger partial charge in [-0.15, -0.1) is 0 Å². The van der Waals surface area contributed by atoms with E-state index in [4.69, 9.17) is 15.1 Å². The summed E-state index contributed by atoms with van der Waals surface area (Å²) in [6.45, 7) is 0. The average Bonchev–Trinajstić information content (AvgIpc) is 3.04. The van der Waals surface area contributed by atoms with E-state index in [9.17, 15) is 4.79 Å². The topological polar surface area (TPSA) is 112 Å². The number of hydrogen-bond acceptors (Lipinski definition) is 5. The van der Waals surface area contributed by atoms with Crippen molar-refractivity contribution in [2.45, 2.75) is 0 Å².